The molecule has 1 N–H and O–H groups in total. The molecule has 0 unspecified atom stereocenters. The topological polar surface area (TPSA) is 67.8 Å². The van der Waals surface area contributed by atoms with Crippen molar-refractivity contribution in [1.29, 1.82) is 0 Å². The fourth-order valence-electron chi connectivity index (χ4n) is 2.29. The lowest BCUT2D eigenvalue weighted by atomic mass is 10.0. The molecule has 21 heavy (non-hydrogen) atoms. The highest BCUT2D eigenvalue weighted by atomic mass is 19.1. The van der Waals surface area contributed by atoms with Gasteiger partial charge >= 0.3 is 0 Å². The maximum absolute atomic E-state index is 13.7. The lowest BCUT2D eigenvalue weighted by Gasteiger charge is -2.04. The third-order valence-corrected chi connectivity index (χ3v) is 3.37. The number of benzene rings is 1. The van der Waals surface area contributed by atoms with Crippen molar-refractivity contribution >= 4 is 16.7 Å². The first-order chi connectivity index (χ1) is 10.1. The second-order valence-corrected chi connectivity index (χ2v) is 4.56. The highest BCUT2D eigenvalue weighted by Gasteiger charge is 2.19. The van der Waals surface area contributed by atoms with Crippen LogP contribution < -0.4 is 5.56 Å². The van der Waals surface area contributed by atoms with Crippen LogP contribution in [-0.2, 0) is 6.54 Å². The molecule has 0 aliphatic carbocycles. The number of nitrogens with zero attached hydrogens (tertiary/aromatic N) is 2. The van der Waals surface area contributed by atoms with Crippen LogP contribution in [0.25, 0.3) is 10.9 Å². The van der Waals surface area contributed by atoms with E-state index in [4.69, 9.17) is 0 Å². The van der Waals surface area contributed by atoms with Crippen molar-refractivity contribution < 1.29 is 9.18 Å². The number of nitrogens with one attached hydrogen (secondary N) is 1. The summed E-state index contributed by atoms with van der Waals surface area (Å²) in [6.07, 6.45) is 2.83. The van der Waals surface area contributed by atoms with Gasteiger partial charge in [-0.05, 0) is 25.1 Å². The first kappa shape index (κ1) is 13.2. The molecule has 3 rings (SSSR count). The lowest BCUT2D eigenvalue weighted by molar-refractivity contribution is 0.103. The molecular weight excluding hydrogens is 273 g/mol. The van der Waals surface area contributed by atoms with E-state index >= 15 is 0 Å². The fraction of sp³-hybridized carbons (Fsp3) is 0.133. The van der Waals surface area contributed by atoms with Gasteiger partial charge in [0.05, 0.1) is 0 Å². The lowest BCUT2D eigenvalue weighted by Crippen LogP contribution is -2.21. The quantitative estimate of drug-likeness (QED) is 0.749. The van der Waals surface area contributed by atoms with Crippen molar-refractivity contribution in [3.8, 4) is 0 Å². The van der Waals surface area contributed by atoms with Gasteiger partial charge in [0.15, 0.2) is 0 Å². The van der Waals surface area contributed by atoms with E-state index in [0.29, 0.717) is 11.9 Å². The van der Waals surface area contributed by atoms with Crippen molar-refractivity contribution in [2.75, 3.05) is 0 Å². The van der Waals surface area contributed by atoms with E-state index in [2.05, 4.69) is 10.1 Å². The summed E-state index contributed by atoms with van der Waals surface area (Å²) in [5, 5.41) is 3.12. The van der Waals surface area contributed by atoms with Crippen LogP contribution in [0.1, 0.15) is 22.8 Å². The molecule has 0 saturated carbocycles. The SMILES string of the molecule is CCn1[nH]cc(C(=O)c2ccc(F)c3ncccc23)c1=O. The number of fused-ring (bicyclic) bond motifs is 1. The molecule has 0 amide bonds. The summed E-state index contributed by atoms with van der Waals surface area (Å²) in [6, 6.07) is 5.81. The zero-order chi connectivity index (χ0) is 15.0. The van der Waals surface area contributed by atoms with Gasteiger partial charge in [-0.3, -0.25) is 19.3 Å². The van der Waals surface area contributed by atoms with Gasteiger partial charge in [0.2, 0.25) is 5.78 Å². The van der Waals surface area contributed by atoms with Crippen LogP contribution in [0.3, 0.4) is 0 Å². The van der Waals surface area contributed by atoms with Gasteiger partial charge in [-0.2, -0.15) is 0 Å². The molecule has 1 aromatic carbocycles. The molecule has 0 aliphatic heterocycles. The van der Waals surface area contributed by atoms with Gasteiger partial charge < -0.3 is 5.10 Å². The minimum atomic E-state index is -0.498. The van der Waals surface area contributed by atoms with E-state index in [9.17, 15) is 14.0 Å². The summed E-state index contributed by atoms with van der Waals surface area (Å²) in [5.41, 5.74) is 0.0334. The molecule has 0 aliphatic rings. The van der Waals surface area contributed by atoms with Gasteiger partial charge in [0.25, 0.3) is 5.56 Å². The zero-order valence-corrected chi connectivity index (χ0v) is 11.3. The Labute approximate surface area is 119 Å². The first-order valence-corrected chi connectivity index (χ1v) is 6.49. The van der Waals surface area contributed by atoms with Crippen LogP contribution >= 0.6 is 0 Å². The summed E-state index contributed by atoms with van der Waals surface area (Å²) in [4.78, 5) is 28.5. The van der Waals surface area contributed by atoms with Gasteiger partial charge in [0.1, 0.15) is 16.9 Å². The average Bonchev–Trinajstić information content (AvgIpc) is 2.88. The van der Waals surface area contributed by atoms with Crippen molar-refractivity contribution in [1.82, 2.24) is 14.8 Å². The van der Waals surface area contributed by atoms with Crippen LogP contribution in [0, 0.1) is 5.82 Å². The van der Waals surface area contributed by atoms with Crippen molar-refractivity contribution in [3.63, 3.8) is 0 Å². The number of pyridine rings is 1. The number of carbonyl (C=O) groups excluding carboxylic acids is 1. The maximum Gasteiger partial charge on any atom is 0.277 e. The molecule has 0 fully saturated rings. The molecule has 5 nitrogen and oxygen atoms in total. The number of aromatic amines is 1. The summed E-state index contributed by atoms with van der Waals surface area (Å²) in [5.74, 6) is -0.941. The number of aromatic nitrogens is 3. The molecule has 3 aromatic rings. The average molecular weight is 285 g/mol. The number of carbonyl (C=O) groups is 1. The first-order valence-electron chi connectivity index (χ1n) is 6.49. The van der Waals surface area contributed by atoms with Crippen LogP contribution in [0.5, 0.6) is 0 Å². The van der Waals surface area contributed by atoms with Crippen molar-refractivity contribution in [3.05, 3.63) is 64.0 Å². The third kappa shape index (κ3) is 2.05. The Balaban J connectivity index is 2.21. The Kier molecular flexibility index (Phi) is 3.13. The molecule has 0 radical (unpaired) electrons. The van der Waals surface area contributed by atoms with E-state index in [1.807, 2.05) is 0 Å². The van der Waals surface area contributed by atoms with E-state index in [0.717, 1.165) is 0 Å². The Morgan fingerprint density at radius 3 is 2.86 bits per heavy atom. The summed E-state index contributed by atoms with van der Waals surface area (Å²) < 4.78 is 15.1. The van der Waals surface area contributed by atoms with E-state index < -0.39 is 11.6 Å². The zero-order valence-electron chi connectivity index (χ0n) is 11.3. The van der Waals surface area contributed by atoms with Crippen molar-refractivity contribution in [2.45, 2.75) is 13.5 Å². The van der Waals surface area contributed by atoms with Gasteiger partial charge in [-0.1, -0.05) is 6.07 Å². The number of aryl methyl sites for hydroxylation is 1. The maximum atomic E-state index is 13.7. The summed E-state index contributed by atoms with van der Waals surface area (Å²) >= 11 is 0. The number of ketones is 1. The molecule has 0 atom stereocenters. The molecule has 0 spiro atoms. The second kappa shape index (κ2) is 4.97. The molecule has 6 heteroatoms. The standard InChI is InChI=1S/C15H12FN3O2/c1-2-19-15(21)11(8-18-19)14(20)10-5-6-12(16)13-9(10)4-3-7-17-13/h3-8,18H,2H2,1H3. The Bertz CT molecular complexity index is 895. The highest BCUT2D eigenvalue weighted by Crippen LogP contribution is 2.21. The summed E-state index contributed by atoms with van der Waals surface area (Å²) in [6.45, 7) is 2.24. The molecular formula is C15H12FN3O2. The van der Waals surface area contributed by atoms with Crippen LogP contribution in [0.4, 0.5) is 4.39 Å². The van der Waals surface area contributed by atoms with Crippen LogP contribution in [0.2, 0.25) is 0 Å². The minimum absolute atomic E-state index is 0.0358. The second-order valence-electron chi connectivity index (χ2n) is 4.56. The van der Waals surface area contributed by atoms with E-state index in [-0.39, 0.29) is 22.2 Å². The third-order valence-electron chi connectivity index (χ3n) is 3.37. The molecule has 0 saturated heterocycles. The molecule has 0 bridgehead atoms. The minimum Gasteiger partial charge on any atom is -0.302 e. The molecule has 2 heterocycles. The highest BCUT2D eigenvalue weighted by molar-refractivity contribution is 6.15. The number of hydrogen-bond donors (Lipinski definition) is 1. The Hall–Kier alpha value is -2.76. The largest absolute Gasteiger partial charge is 0.302 e. The molecule has 106 valence electrons. The van der Waals surface area contributed by atoms with E-state index in [1.54, 1.807) is 19.1 Å². The number of halogens is 1. The molecule has 2 aromatic heterocycles. The fourth-order valence-corrected chi connectivity index (χ4v) is 2.29. The van der Waals surface area contributed by atoms with Crippen molar-refractivity contribution in [2.24, 2.45) is 0 Å². The monoisotopic (exact) mass is 285 g/mol. The van der Waals surface area contributed by atoms with E-state index in [1.165, 1.54) is 29.2 Å². The smallest absolute Gasteiger partial charge is 0.277 e. The number of rotatable bonds is 3. The van der Waals surface area contributed by atoms with Gasteiger partial charge in [0, 0.05) is 29.9 Å². The van der Waals surface area contributed by atoms with Gasteiger partial charge in [-0.15, -0.1) is 0 Å². The summed E-state index contributed by atoms with van der Waals surface area (Å²) in [7, 11) is 0. The number of H-pyrrole nitrogens is 1. The Morgan fingerprint density at radius 2 is 2.14 bits per heavy atom. The number of hydrogen-bond acceptors (Lipinski definition) is 3. The normalized spacial score (nSPS) is 11.0. The van der Waals surface area contributed by atoms with Crippen LogP contribution in [-0.4, -0.2) is 20.5 Å². The predicted octanol–water partition coefficient (Wildman–Crippen LogP) is 2.11. The predicted molar refractivity (Wildman–Crippen MR) is 75.9 cm³/mol. The Morgan fingerprint density at radius 1 is 1.33 bits per heavy atom. The van der Waals surface area contributed by atoms with Crippen LogP contribution in [0.15, 0.2) is 41.5 Å². The van der Waals surface area contributed by atoms with Gasteiger partial charge in [-0.25, -0.2) is 4.39 Å².